The van der Waals surface area contributed by atoms with Crippen molar-refractivity contribution >= 4 is 29.1 Å². The number of rotatable bonds is 6. The summed E-state index contributed by atoms with van der Waals surface area (Å²) in [6.07, 6.45) is 4.69. The molecular formula is C14H20Cl2N2O. The van der Waals surface area contributed by atoms with Crippen molar-refractivity contribution in [2.45, 2.75) is 46.1 Å². The van der Waals surface area contributed by atoms with Gasteiger partial charge in [-0.3, -0.25) is 4.79 Å². The Morgan fingerprint density at radius 2 is 2.00 bits per heavy atom. The summed E-state index contributed by atoms with van der Waals surface area (Å²) in [5, 5.41) is 3.44. The van der Waals surface area contributed by atoms with E-state index in [1.54, 1.807) is 0 Å². The third kappa shape index (κ3) is 5.79. The van der Waals surface area contributed by atoms with Gasteiger partial charge in [-0.1, -0.05) is 49.9 Å². The number of hydrogen-bond acceptors (Lipinski definition) is 2. The van der Waals surface area contributed by atoms with Crippen LogP contribution in [-0.4, -0.2) is 16.9 Å². The van der Waals surface area contributed by atoms with Crippen LogP contribution in [0.4, 0.5) is 0 Å². The third-order valence-corrected chi connectivity index (χ3v) is 3.54. The van der Waals surface area contributed by atoms with Crippen molar-refractivity contribution in [1.29, 1.82) is 0 Å². The highest BCUT2D eigenvalue weighted by molar-refractivity contribution is 6.41. The molecule has 1 unspecified atom stereocenters. The first-order chi connectivity index (χ1) is 8.90. The number of halogens is 2. The van der Waals surface area contributed by atoms with Gasteiger partial charge in [-0.15, -0.1) is 0 Å². The van der Waals surface area contributed by atoms with E-state index in [1.807, 2.05) is 6.92 Å². The van der Waals surface area contributed by atoms with Gasteiger partial charge in [0.1, 0.15) is 5.15 Å². The summed E-state index contributed by atoms with van der Waals surface area (Å²) in [7, 11) is 0. The molecule has 1 aromatic rings. The zero-order valence-corrected chi connectivity index (χ0v) is 13.1. The van der Waals surface area contributed by atoms with E-state index in [1.165, 1.54) is 18.7 Å². The molecule has 0 aliphatic heterocycles. The first-order valence-electron chi connectivity index (χ1n) is 6.52. The van der Waals surface area contributed by atoms with Crippen LogP contribution in [0.5, 0.6) is 0 Å². The minimum absolute atomic E-state index is 0.140. The van der Waals surface area contributed by atoms with E-state index in [-0.39, 0.29) is 17.1 Å². The van der Waals surface area contributed by atoms with Gasteiger partial charge in [-0.05, 0) is 25.3 Å². The van der Waals surface area contributed by atoms with Crippen molar-refractivity contribution < 1.29 is 4.79 Å². The summed E-state index contributed by atoms with van der Waals surface area (Å²) >= 11 is 11.6. The predicted molar refractivity (Wildman–Crippen MR) is 79.9 cm³/mol. The molecule has 3 nitrogen and oxygen atoms in total. The van der Waals surface area contributed by atoms with Gasteiger partial charge >= 0.3 is 0 Å². The van der Waals surface area contributed by atoms with Gasteiger partial charge < -0.3 is 5.32 Å². The molecule has 1 rings (SSSR count). The van der Waals surface area contributed by atoms with Crippen LogP contribution in [0.15, 0.2) is 12.3 Å². The fourth-order valence-electron chi connectivity index (χ4n) is 1.76. The fourth-order valence-corrected chi connectivity index (χ4v) is 2.03. The van der Waals surface area contributed by atoms with Crippen molar-refractivity contribution in [3.63, 3.8) is 0 Å². The number of aromatic nitrogens is 1. The summed E-state index contributed by atoms with van der Waals surface area (Å²) < 4.78 is 0. The van der Waals surface area contributed by atoms with Crippen LogP contribution in [0.25, 0.3) is 0 Å². The Morgan fingerprint density at radius 3 is 2.58 bits per heavy atom. The Hall–Kier alpha value is -0.800. The lowest BCUT2D eigenvalue weighted by Gasteiger charge is -2.14. The molecule has 0 aliphatic rings. The number of nitrogens with zero attached hydrogens (tertiary/aromatic N) is 1. The van der Waals surface area contributed by atoms with Crippen LogP contribution in [0, 0.1) is 5.92 Å². The molecule has 5 heteroatoms. The zero-order valence-electron chi connectivity index (χ0n) is 11.5. The van der Waals surface area contributed by atoms with E-state index < -0.39 is 0 Å². The van der Waals surface area contributed by atoms with E-state index in [0.717, 1.165) is 12.8 Å². The number of nitrogens with one attached hydrogen (secondary N) is 1. The topological polar surface area (TPSA) is 42.0 Å². The molecule has 0 fully saturated rings. The molecule has 0 bridgehead atoms. The molecule has 19 heavy (non-hydrogen) atoms. The van der Waals surface area contributed by atoms with Gasteiger partial charge in [0.2, 0.25) is 0 Å². The Kier molecular flexibility index (Phi) is 6.59. The van der Waals surface area contributed by atoms with Gasteiger partial charge in [-0.2, -0.15) is 0 Å². The van der Waals surface area contributed by atoms with Gasteiger partial charge in [-0.25, -0.2) is 4.98 Å². The maximum absolute atomic E-state index is 12.0. The van der Waals surface area contributed by atoms with Crippen molar-refractivity contribution in [3.05, 3.63) is 28.0 Å². The largest absolute Gasteiger partial charge is 0.350 e. The van der Waals surface area contributed by atoms with Crippen LogP contribution < -0.4 is 5.32 Å². The molecule has 1 N–H and O–H groups in total. The van der Waals surface area contributed by atoms with Gasteiger partial charge in [0.25, 0.3) is 5.91 Å². The van der Waals surface area contributed by atoms with Crippen molar-refractivity contribution in [3.8, 4) is 0 Å². The fraction of sp³-hybridized carbons (Fsp3) is 0.571. The molecule has 0 saturated heterocycles. The van der Waals surface area contributed by atoms with Crippen molar-refractivity contribution in [1.82, 2.24) is 10.3 Å². The quantitative estimate of drug-likeness (QED) is 0.795. The normalized spacial score (nSPS) is 12.5. The number of carbonyl (C=O) groups excluding carboxylic acids is 1. The predicted octanol–water partition coefficient (Wildman–Crippen LogP) is 4.33. The molecule has 1 amide bonds. The van der Waals surface area contributed by atoms with E-state index in [0.29, 0.717) is 16.5 Å². The number of hydrogen-bond donors (Lipinski definition) is 1. The van der Waals surface area contributed by atoms with Crippen molar-refractivity contribution in [2.24, 2.45) is 5.92 Å². The Bertz CT molecular complexity index is 435. The number of amides is 1. The lowest BCUT2D eigenvalue weighted by molar-refractivity contribution is 0.0937. The minimum atomic E-state index is -0.164. The SMILES string of the molecule is CC(C)CCCC(C)NC(=O)c1cnc(Cl)c(Cl)c1. The molecule has 0 saturated carbocycles. The molecule has 1 heterocycles. The second kappa shape index (κ2) is 7.71. The van der Waals surface area contributed by atoms with Crippen LogP contribution in [-0.2, 0) is 0 Å². The standard InChI is InChI=1S/C14H20Cl2N2O/c1-9(2)5-4-6-10(3)18-14(19)11-7-12(15)13(16)17-8-11/h7-10H,4-6H2,1-3H3,(H,18,19). The van der Waals surface area contributed by atoms with E-state index in [2.05, 4.69) is 24.1 Å². The summed E-state index contributed by atoms with van der Waals surface area (Å²) in [5.41, 5.74) is 0.435. The van der Waals surface area contributed by atoms with E-state index >= 15 is 0 Å². The Labute approximate surface area is 124 Å². The molecule has 0 spiro atoms. The molecule has 1 aromatic heterocycles. The van der Waals surface area contributed by atoms with Crippen LogP contribution in [0.1, 0.15) is 50.4 Å². The highest BCUT2D eigenvalue weighted by atomic mass is 35.5. The number of carbonyl (C=O) groups is 1. The van der Waals surface area contributed by atoms with Crippen LogP contribution >= 0.6 is 23.2 Å². The first-order valence-corrected chi connectivity index (χ1v) is 7.27. The third-order valence-electron chi connectivity index (χ3n) is 2.85. The van der Waals surface area contributed by atoms with Crippen LogP contribution in [0.3, 0.4) is 0 Å². The number of pyridine rings is 1. The highest BCUT2D eigenvalue weighted by Crippen LogP contribution is 2.19. The van der Waals surface area contributed by atoms with Gasteiger partial charge in [0.15, 0.2) is 0 Å². The summed E-state index contributed by atoms with van der Waals surface area (Å²) in [5.74, 6) is 0.533. The second-order valence-electron chi connectivity index (χ2n) is 5.20. The zero-order chi connectivity index (χ0) is 14.4. The second-order valence-corrected chi connectivity index (χ2v) is 5.96. The molecular weight excluding hydrogens is 283 g/mol. The summed E-state index contributed by atoms with van der Waals surface area (Å²) in [6, 6.07) is 1.67. The van der Waals surface area contributed by atoms with E-state index in [9.17, 15) is 4.79 Å². The monoisotopic (exact) mass is 302 g/mol. The van der Waals surface area contributed by atoms with Gasteiger partial charge in [0.05, 0.1) is 10.6 Å². The smallest absolute Gasteiger partial charge is 0.253 e. The average molecular weight is 303 g/mol. The molecule has 0 aromatic carbocycles. The maximum Gasteiger partial charge on any atom is 0.253 e. The maximum atomic E-state index is 12.0. The Balaban J connectivity index is 2.47. The molecule has 1 atom stereocenters. The van der Waals surface area contributed by atoms with Crippen LogP contribution in [0.2, 0.25) is 10.2 Å². The highest BCUT2D eigenvalue weighted by Gasteiger charge is 2.12. The minimum Gasteiger partial charge on any atom is -0.350 e. The first kappa shape index (κ1) is 16.3. The molecule has 0 radical (unpaired) electrons. The van der Waals surface area contributed by atoms with E-state index in [4.69, 9.17) is 23.2 Å². The summed E-state index contributed by atoms with van der Waals surface area (Å²) in [4.78, 5) is 15.8. The Morgan fingerprint density at radius 1 is 1.32 bits per heavy atom. The van der Waals surface area contributed by atoms with Crippen molar-refractivity contribution in [2.75, 3.05) is 0 Å². The average Bonchev–Trinajstić information content (AvgIpc) is 2.32. The summed E-state index contributed by atoms with van der Waals surface area (Å²) in [6.45, 7) is 6.40. The lowest BCUT2D eigenvalue weighted by Crippen LogP contribution is -2.32. The lowest BCUT2D eigenvalue weighted by atomic mass is 10.0. The molecule has 106 valence electrons. The molecule has 0 aliphatic carbocycles. The van der Waals surface area contributed by atoms with Gasteiger partial charge in [0, 0.05) is 12.2 Å².